The van der Waals surface area contributed by atoms with Gasteiger partial charge in [-0.15, -0.1) is 0 Å². The zero-order valence-corrected chi connectivity index (χ0v) is 8.05. The molecule has 2 rings (SSSR count). The third-order valence-corrected chi connectivity index (χ3v) is 2.31. The lowest BCUT2D eigenvalue weighted by Crippen LogP contribution is -2.12. The van der Waals surface area contributed by atoms with Crippen LogP contribution in [0.25, 0.3) is 10.9 Å². The molecule has 3 N–H and O–H groups in total. The third kappa shape index (κ3) is 1.32. The van der Waals surface area contributed by atoms with Crippen LogP contribution in [0.1, 0.15) is 5.56 Å². The van der Waals surface area contributed by atoms with E-state index in [-0.39, 0.29) is 5.84 Å². The zero-order chi connectivity index (χ0) is 10.1. The highest BCUT2D eigenvalue weighted by molar-refractivity contribution is 6.35. The van der Waals surface area contributed by atoms with Crippen molar-refractivity contribution in [3.05, 3.63) is 41.0 Å². The Morgan fingerprint density at radius 2 is 2.14 bits per heavy atom. The number of nitrogen functional groups attached to an aromatic ring is 1. The first-order valence-corrected chi connectivity index (χ1v) is 4.45. The van der Waals surface area contributed by atoms with Crippen LogP contribution in [0.2, 0.25) is 5.02 Å². The SMILES string of the molecule is N=C(N)c1c(Cl)ccc2cccnc12. The molecule has 2 aromatic rings. The van der Waals surface area contributed by atoms with Gasteiger partial charge in [0.2, 0.25) is 0 Å². The van der Waals surface area contributed by atoms with Crippen LogP contribution in [0.4, 0.5) is 0 Å². The molecule has 0 spiro atoms. The van der Waals surface area contributed by atoms with Crippen molar-refractivity contribution in [2.45, 2.75) is 0 Å². The molecule has 4 heteroatoms. The van der Waals surface area contributed by atoms with E-state index in [4.69, 9.17) is 22.7 Å². The van der Waals surface area contributed by atoms with Crippen molar-refractivity contribution in [2.24, 2.45) is 5.73 Å². The Morgan fingerprint density at radius 3 is 2.86 bits per heavy atom. The van der Waals surface area contributed by atoms with Crippen molar-refractivity contribution in [1.29, 1.82) is 5.41 Å². The van der Waals surface area contributed by atoms with Gasteiger partial charge in [0.1, 0.15) is 5.84 Å². The van der Waals surface area contributed by atoms with Crippen LogP contribution in [0.3, 0.4) is 0 Å². The van der Waals surface area contributed by atoms with Gasteiger partial charge < -0.3 is 5.73 Å². The average Bonchev–Trinajstić information content (AvgIpc) is 2.17. The average molecular weight is 206 g/mol. The highest BCUT2D eigenvalue weighted by Gasteiger charge is 2.08. The maximum absolute atomic E-state index is 7.41. The van der Waals surface area contributed by atoms with Gasteiger partial charge in [-0.05, 0) is 12.1 Å². The summed E-state index contributed by atoms with van der Waals surface area (Å²) in [6.07, 6.45) is 1.66. The highest BCUT2D eigenvalue weighted by atomic mass is 35.5. The van der Waals surface area contributed by atoms with Crippen molar-refractivity contribution in [1.82, 2.24) is 4.98 Å². The molecule has 3 nitrogen and oxygen atoms in total. The summed E-state index contributed by atoms with van der Waals surface area (Å²) in [7, 11) is 0. The number of pyridine rings is 1. The van der Waals surface area contributed by atoms with Crippen LogP contribution in [0.5, 0.6) is 0 Å². The Bertz CT molecular complexity index is 508. The van der Waals surface area contributed by atoms with E-state index >= 15 is 0 Å². The zero-order valence-electron chi connectivity index (χ0n) is 7.29. The summed E-state index contributed by atoms with van der Waals surface area (Å²) in [5, 5.41) is 8.81. The number of hydrogen-bond donors (Lipinski definition) is 2. The normalized spacial score (nSPS) is 10.4. The topological polar surface area (TPSA) is 62.8 Å². The number of halogens is 1. The molecular formula is C10H8ClN3. The summed E-state index contributed by atoms with van der Waals surface area (Å²) in [6, 6.07) is 7.32. The number of aromatic nitrogens is 1. The first kappa shape index (κ1) is 8.97. The lowest BCUT2D eigenvalue weighted by Gasteiger charge is -2.05. The molecule has 0 saturated heterocycles. The van der Waals surface area contributed by atoms with E-state index in [0.29, 0.717) is 16.1 Å². The minimum atomic E-state index is -0.0562. The summed E-state index contributed by atoms with van der Waals surface area (Å²) in [6.45, 7) is 0. The van der Waals surface area contributed by atoms with Crippen LogP contribution in [0.15, 0.2) is 30.5 Å². The summed E-state index contributed by atoms with van der Waals surface area (Å²) < 4.78 is 0. The number of hydrogen-bond acceptors (Lipinski definition) is 2. The Hall–Kier alpha value is -1.61. The summed E-state index contributed by atoms with van der Waals surface area (Å²) in [5.41, 5.74) is 6.62. The van der Waals surface area contributed by atoms with E-state index in [1.54, 1.807) is 12.3 Å². The molecule has 0 bridgehead atoms. The maximum atomic E-state index is 7.41. The number of benzene rings is 1. The van der Waals surface area contributed by atoms with Crippen molar-refractivity contribution in [2.75, 3.05) is 0 Å². The molecule has 1 aromatic heterocycles. The first-order chi connectivity index (χ1) is 6.70. The van der Waals surface area contributed by atoms with Crippen molar-refractivity contribution >= 4 is 28.3 Å². The molecule has 0 fully saturated rings. The van der Waals surface area contributed by atoms with Crippen LogP contribution in [-0.2, 0) is 0 Å². The van der Waals surface area contributed by atoms with E-state index < -0.39 is 0 Å². The van der Waals surface area contributed by atoms with Gasteiger partial charge in [0, 0.05) is 11.6 Å². The lowest BCUT2D eigenvalue weighted by atomic mass is 10.1. The molecule has 0 aliphatic rings. The molecule has 0 unspecified atom stereocenters. The number of nitrogens with zero attached hydrogens (tertiary/aromatic N) is 1. The quantitative estimate of drug-likeness (QED) is 0.554. The van der Waals surface area contributed by atoms with Gasteiger partial charge in [0.05, 0.1) is 16.1 Å². The number of amidine groups is 1. The van der Waals surface area contributed by atoms with Gasteiger partial charge >= 0.3 is 0 Å². The molecule has 70 valence electrons. The van der Waals surface area contributed by atoms with E-state index in [1.165, 1.54) is 0 Å². The number of fused-ring (bicyclic) bond motifs is 1. The van der Waals surface area contributed by atoms with Gasteiger partial charge in [-0.3, -0.25) is 10.4 Å². The minimum absolute atomic E-state index is 0.0562. The predicted molar refractivity (Wildman–Crippen MR) is 57.8 cm³/mol. The van der Waals surface area contributed by atoms with Crippen LogP contribution in [0, 0.1) is 5.41 Å². The molecule has 14 heavy (non-hydrogen) atoms. The second-order valence-electron chi connectivity index (χ2n) is 2.91. The number of rotatable bonds is 1. The Kier molecular flexibility index (Phi) is 2.09. The molecule has 1 aromatic carbocycles. The van der Waals surface area contributed by atoms with E-state index in [1.807, 2.05) is 18.2 Å². The lowest BCUT2D eigenvalue weighted by molar-refractivity contribution is 1.38. The van der Waals surface area contributed by atoms with Crippen LogP contribution in [-0.4, -0.2) is 10.8 Å². The minimum Gasteiger partial charge on any atom is -0.384 e. The number of nitrogens with two attached hydrogens (primary N) is 1. The molecule has 0 atom stereocenters. The molecule has 0 radical (unpaired) electrons. The molecule has 0 saturated carbocycles. The maximum Gasteiger partial charge on any atom is 0.126 e. The standard InChI is InChI=1S/C10H8ClN3/c11-7-4-3-6-2-1-5-14-9(6)8(7)10(12)13/h1-5H,(H3,12,13). The second-order valence-corrected chi connectivity index (χ2v) is 3.32. The van der Waals surface area contributed by atoms with Crippen molar-refractivity contribution in [3.63, 3.8) is 0 Å². The predicted octanol–water partition coefficient (Wildman–Crippen LogP) is 2.17. The first-order valence-electron chi connectivity index (χ1n) is 4.08. The Labute approximate surface area is 86.0 Å². The van der Waals surface area contributed by atoms with Gasteiger partial charge in [-0.25, -0.2) is 0 Å². The van der Waals surface area contributed by atoms with Gasteiger partial charge in [-0.2, -0.15) is 0 Å². The van der Waals surface area contributed by atoms with Gasteiger partial charge in [0.25, 0.3) is 0 Å². The van der Waals surface area contributed by atoms with Crippen LogP contribution < -0.4 is 5.73 Å². The molecule has 0 aliphatic heterocycles. The fourth-order valence-corrected chi connectivity index (χ4v) is 1.63. The molecule has 1 heterocycles. The van der Waals surface area contributed by atoms with Crippen molar-refractivity contribution < 1.29 is 0 Å². The molecular weight excluding hydrogens is 198 g/mol. The Balaban J connectivity index is 2.90. The van der Waals surface area contributed by atoms with E-state index in [2.05, 4.69) is 4.98 Å². The summed E-state index contributed by atoms with van der Waals surface area (Å²) in [4.78, 5) is 4.16. The number of nitrogens with one attached hydrogen (secondary N) is 1. The molecule has 0 amide bonds. The monoisotopic (exact) mass is 205 g/mol. The van der Waals surface area contributed by atoms with E-state index in [0.717, 1.165) is 5.39 Å². The largest absolute Gasteiger partial charge is 0.384 e. The van der Waals surface area contributed by atoms with Gasteiger partial charge in [-0.1, -0.05) is 23.7 Å². The van der Waals surface area contributed by atoms with E-state index in [9.17, 15) is 0 Å². The molecule has 0 aliphatic carbocycles. The summed E-state index contributed by atoms with van der Waals surface area (Å²) in [5.74, 6) is -0.0562. The summed E-state index contributed by atoms with van der Waals surface area (Å²) >= 11 is 5.94. The van der Waals surface area contributed by atoms with Crippen molar-refractivity contribution in [3.8, 4) is 0 Å². The van der Waals surface area contributed by atoms with Gasteiger partial charge in [0.15, 0.2) is 0 Å². The fourth-order valence-electron chi connectivity index (χ4n) is 1.38. The third-order valence-electron chi connectivity index (χ3n) is 1.99. The van der Waals surface area contributed by atoms with Crippen LogP contribution >= 0.6 is 11.6 Å². The second kappa shape index (κ2) is 3.27. The highest BCUT2D eigenvalue weighted by Crippen LogP contribution is 2.23. The Morgan fingerprint density at radius 1 is 1.36 bits per heavy atom. The smallest absolute Gasteiger partial charge is 0.126 e. The fraction of sp³-hybridized carbons (Fsp3) is 0.